The summed E-state index contributed by atoms with van der Waals surface area (Å²) in [6.45, 7) is 2.18. The summed E-state index contributed by atoms with van der Waals surface area (Å²) in [6.07, 6.45) is 8.31. The van der Waals surface area contributed by atoms with Crippen molar-refractivity contribution in [3.63, 3.8) is 0 Å². The second kappa shape index (κ2) is 6.84. The third-order valence-electron chi connectivity index (χ3n) is 5.96. The maximum Gasteiger partial charge on any atom is 0.226 e. The van der Waals surface area contributed by atoms with E-state index in [2.05, 4.69) is 10.2 Å². The van der Waals surface area contributed by atoms with E-state index in [1.165, 1.54) is 12.8 Å². The molecule has 1 unspecified atom stereocenters. The van der Waals surface area contributed by atoms with E-state index >= 15 is 0 Å². The summed E-state index contributed by atoms with van der Waals surface area (Å²) < 4.78 is 5.42. The molecule has 0 aromatic rings. The molecular formula is C16H29ClN2O2. The summed E-state index contributed by atoms with van der Waals surface area (Å²) in [6, 6.07) is 0.438. The zero-order valence-corrected chi connectivity index (χ0v) is 14.1. The van der Waals surface area contributed by atoms with Crippen LogP contribution in [0.15, 0.2) is 0 Å². The minimum absolute atomic E-state index is 0. The monoisotopic (exact) mass is 316 g/mol. The number of hydrogen-bond donors (Lipinski definition) is 1. The number of piperidine rings is 1. The molecule has 1 N–H and O–H groups in total. The summed E-state index contributed by atoms with van der Waals surface area (Å²) in [5.41, 5.74) is 0.361. The van der Waals surface area contributed by atoms with Gasteiger partial charge in [0.15, 0.2) is 0 Å². The molecule has 5 heteroatoms. The highest BCUT2D eigenvalue weighted by Crippen LogP contribution is 2.59. The van der Waals surface area contributed by atoms with Crippen molar-refractivity contribution in [1.29, 1.82) is 0 Å². The third kappa shape index (κ3) is 3.38. The highest BCUT2D eigenvalue weighted by Gasteiger charge is 2.58. The van der Waals surface area contributed by atoms with Gasteiger partial charge in [0, 0.05) is 26.1 Å². The first-order valence-electron chi connectivity index (χ1n) is 8.16. The van der Waals surface area contributed by atoms with Crippen molar-refractivity contribution < 1.29 is 9.53 Å². The molecule has 1 heterocycles. The van der Waals surface area contributed by atoms with E-state index in [0.717, 1.165) is 45.2 Å². The fourth-order valence-electron chi connectivity index (χ4n) is 4.27. The van der Waals surface area contributed by atoms with Crippen LogP contribution in [0.3, 0.4) is 0 Å². The number of nitrogens with zero attached hydrogens (tertiary/aromatic N) is 1. The molecule has 2 saturated carbocycles. The first-order chi connectivity index (χ1) is 9.66. The lowest BCUT2D eigenvalue weighted by molar-refractivity contribution is -0.135. The quantitative estimate of drug-likeness (QED) is 0.868. The Balaban J connectivity index is 0.00000161. The van der Waals surface area contributed by atoms with Gasteiger partial charge in [0.05, 0.1) is 6.10 Å². The molecule has 4 nitrogen and oxygen atoms in total. The molecule has 3 rings (SSSR count). The van der Waals surface area contributed by atoms with Crippen LogP contribution in [0.5, 0.6) is 0 Å². The number of ether oxygens (including phenoxy) is 1. The standard InChI is InChI=1S/C16H28N2O2.ClH/c1-18(12-3-5-13(20-2)6-4-12)15(19)14-11-16(14)7-9-17-10-8-16;/h12-14,17H,3-11H2,1-2H3;1H. The van der Waals surface area contributed by atoms with Gasteiger partial charge in [0.25, 0.3) is 0 Å². The van der Waals surface area contributed by atoms with Crippen LogP contribution in [0.2, 0.25) is 0 Å². The molecule has 0 bridgehead atoms. The molecule has 21 heavy (non-hydrogen) atoms. The van der Waals surface area contributed by atoms with Crippen molar-refractivity contribution in [1.82, 2.24) is 10.2 Å². The fraction of sp³-hybridized carbons (Fsp3) is 0.938. The van der Waals surface area contributed by atoms with Crippen LogP contribution in [0.1, 0.15) is 44.9 Å². The van der Waals surface area contributed by atoms with Gasteiger partial charge in [0.1, 0.15) is 0 Å². The molecule has 1 spiro atoms. The predicted molar refractivity (Wildman–Crippen MR) is 85.7 cm³/mol. The van der Waals surface area contributed by atoms with Crippen molar-refractivity contribution in [2.24, 2.45) is 11.3 Å². The molecule has 1 aliphatic heterocycles. The molecule has 3 aliphatic rings. The molecule has 0 aromatic heterocycles. The highest BCUT2D eigenvalue weighted by molar-refractivity contribution is 5.85. The number of methoxy groups -OCH3 is 1. The lowest BCUT2D eigenvalue weighted by atomic mass is 9.90. The van der Waals surface area contributed by atoms with Crippen LogP contribution in [0.4, 0.5) is 0 Å². The number of halogens is 1. The van der Waals surface area contributed by atoms with Crippen LogP contribution in [0, 0.1) is 11.3 Å². The maximum absolute atomic E-state index is 12.7. The lowest BCUT2D eigenvalue weighted by Gasteiger charge is -2.35. The van der Waals surface area contributed by atoms with Gasteiger partial charge in [-0.2, -0.15) is 0 Å². The summed E-state index contributed by atoms with van der Waals surface area (Å²) in [7, 11) is 3.82. The zero-order chi connectivity index (χ0) is 14.2. The molecule has 0 aromatic carbocycles. The van der Waals surface area contributed by atoms with E-state index in [0.29, 0.717) is 29.4 Å². The van der Waals surface area contributed by atoms with Gasteiger partial charge in [-0.15, -0.1) is 12.4 Å². The minimum Gasteiger partial charge on any atom is -0.381 e. The van der Waals surface area contributed by atoms with E-state index < -0.39 is 0 Å². The average Bonchev–Trinajstić information content (AvgIpc) is 3.19. The van der Waals surface area contributed by atoms with Gasteiger partial charge in [-0.25, -0.2) is 0 Å². The van der Waals surface area contributed by atoms with Gasteiger partial charge in [-0.3, -0.25) is 4.79 Å². The number of rotatable bonds is 3. The van der Waals surface area contributed by atoms with Crippen LogP contribution >= 0.6 is 12.4 Å². The second-order valence-electron chi connectivity index (χ2n) is 6.98. The highest BCUT2D eigenvalue weighted by atomic mass is 35.5. The van der Waals surface area contributed by atoms with Crippen molar-refractivity contribution in [2.75, 3.05) is 27.2 Å². The Kier molecular flexibility index (Phi) is 5.55. The first-order valence-corrected chi connectivity index (χ1v) is 8.16. The number of carbonyl (C=O) groups excluding carboxylic acids is 1. The normalized spacial score (nSPS) is 34.1. The van der Waals surface area contributed by atoms with E-state index in [4.69, 9.17) is 4.74 Å². The summed E-state index contributed by atoms with van der Waals surface area (Å²) >= 11 is 0. The summed E-state index contributed by atoms with van der Waals surface area (Å²) in [5.74, 6) is 0.725. The summed E-state index contributed by atoms with van der Waals surface area (Å²) in [5, 5.41) is 3.40. The molecule has 2 aliphatic carbocycles. The van der Waals surface area contributed by atoms with Crippen LogP contribution in [-0.4, -0.2) is 50.2 Å². The van der Waals surface area contributed by atoms with Crippen molar-refractivity contribution in [3.8, 4) is 0 Å². The van der Waals surface area contributed by atoms with Gasteiger partial charge in [-0.05, 0) is 63.5 Å². The van der Waals surface area contributed by atoms with Gasteiger partial charge >= 0.3 is 0 Å². The number of carbonyl (C=O) groups is 1. The second-order valence-corrected chi connectivity index (χ2v) is 6.98. The van der Waals surface area contributed by atoms with Crippen LogP contribution in [0.25, 0.3) is 0 Å². The topological polar surface area (TPSA) is 41.6 Å². The molecule has 0 radical (unpaired) electrons. The molecule has 1 saturated heterocycles. The molecule has 3 fully saturated rings. The van der Waals surface area contributed by atoms with E-state index in [1.54, 1.807) is 7.11 Å². The zero-order valence-electron chi connectivity index (χ0n) is 13.3. The smallest absolute Gasteiger partial charge is 0.226 e. The Morgan fingerprint density at radius 1 is 1.19 bits per heavy atom. The molecular weight excluding hydrogens is 288 g/mol. The largest absolute Gasteiger partial charge is 0.381 e. The minimum atomic E-state index is 0. The van der Waals surface area contributed by atoms with E-state index in [-0.39, 0.29) is 12.4 Å². The number of hydrogen-bond acceptors (Lipinski definition) is 3. The Morgan fingerprint density at radius 3 is 2.38 bits per heavy atom. The van der Waals surface area contributed by atoms with Crippen molar-refractivity contribution >= 4 is 18.3 Å². The van der Waals surface area contributed by atoms with Gasteiger partial charge < -0.3 is 15.0 Å². The Labute approximate surface area is 134 Å². The third-order valence-corrected chi connectivity index (χ3v) is 5.96. The number of amides is 1. The Hall–Kier alpha value is -0.320. The van der Waals surface area contributed by atoms with Crippen molar-refractivity contribution in [3.05, 3.63) is 0 Å². The maximum atomic E-state index is 12.7. The SMILES string of the molecule is COC1CCC(N(C)C(=O)C2CC23CCNCC3)CC1.Cl. The van der Waals surface area contributed by atoms with E-state index in [9.17, 15) is 4.79 Å². The fourth-order valence-corrected chi connectivity index (χ4v) is 4.27. The molecule has 1 amide bonds. The molecule has 122 valence electrons. The predicted octanol–water partition coefficient (Wildman–Crippen LogP) is 2.21. The van der Waals surface area contributed by atoms with Gasteiger partial charge in [-0.1, -0.05) is 0 Å². The van der Waals surface area contributed by atoms with Crippen molar-refractivity contribution in [2.45, 2.75) is 57.1 Å². The van der Waals surface area contributed by atoms with E-state index in [1.807, 2.05) is 7.05 Å². The Bertz CT molecular complexity index is 363. The van der Waals surface area contributed by atoms with Gasteiger partial charge in [0.2, 0.25) is 5.91 Å². The lowest BCUT2D eigenvalue weighted by Crippen LogP contribution is -2.42. The van der Waals surface area contributed by atoms with Crippen LogP contribution in [-0.2, 0) is 9.53 Å². The average molecular weight is 317 g/mol. The number of nitrogens with one attached hydrogen (secondary N) is 1. The summed E-state index contributed by atoms with van der Waals surface area (Å²) in [4.78, 5) is 14.8. The first kappa shape index (κ1) is 17.0. The molecule has 1 atom stereocenters. The van der Waals surface area contributed by atoms with Crippen LogP contribution < -0.4 is 5.32 Å². The Morgan fingerprint density at radius 2 is 1.81 bits per heavy atom.